The van der Waals surface area contributed by atoms with Crippen LogP contribution in [0.4, 0.5) is 0 Å². The first-order valence-corrected chi connectivity index (χ1v) is 7.36. The number of pyridine rings is 1. The molecule has 5 nitrogen and oxygen atoms in total. The van der Waals surface area contributed by atoms with Gasteiger partial charge in [-0.25, -0.2) is 0 Å². The van der Waals surface area contributed by atoms with E-state index < -0.39 is 0 Å². The number of rotatable bonds is 3. The Morgan fingerprint density at radius 3 is 2.85 bits per heavy atom. The van der Waals surface area contributed by atoms with Crippen LogP contribution in [-0.2, 0) is 4.74 Å². The highest BCUT2D eigenvalue weighted by Crippen LogP contribution is 2.15. The number of ether oxygens (including phenoxy) is 1. The Morgan fingerprint density at radius 2 is 2.20 bits per heavy atom. The van der Waals surface area contributed by atoms with Crippen molar-refractivity contribution in [3.05, 3.63) is 30.1 Å². The molecule has 108 valence electrons. The molecular formula is C15H21N3O2. The van der Waals surface area contributed by atoms with E-state index in [2.05, 4.69) is 9.88 Å². The molecule has 0 radical (unpaired) electrons. The molecule has 2 saturated heterocycles. The normalized spacial score (nSPS) is 24.0. The van der Waals surface area contributed by atoms with Gasteiger partial charge in [0, 0.05) is 51.7 Å². The molecule has 3 heterocycles. The van der Waals surface area contributed by atoms with Crippen LogP contribution in [0.3, 0.4) is 0 Å². The zero-order chi connectivity index (χ0) is 13.8. The van der Waals surface area contributed by atoms with Crippen molar-refractivity contribution in [1.29, 1.82) is 0 Å². The lowest BCUT2D eigenvalue weighted by Gasteiger charge is -2.35. The van der Waals surface area contributed by atoms with Crippen molar-refractivity contribution in [2.24, 2.45) is 0 Å². The van der Waals surface area contributed by atoms with E-state index >= 15 is 0 Å². The Bertz CT molecular complexity index is 438. The third-order valence-electron chi connectivity index (χ3n) is 4.05. The highest BCUT2D eigenvalue weighted by atomic mass is 16.5. The summed E-state index contributed by atoms with van der Waals surface area (Å²) < 4.78 is 5.67. The molecule has 2 fully saturated rings. The molecule has 2 aliphatic heterocycles. The van der Waals surface area contributed by atoms with Gasteiger partial charge in [-0.3, -0.25) is 14.7 Å². The number of piperazine rings is 1. The topological polar surface area (TPSA) is 45.7 Å². The summed E-state index contributed by atoms with van der Waals surface area (Å²) in [5, 5.41) is 0. The van der Waals surface area contributed by atoms with Gasteiger partial charge >= 0.3 is 0 Å². The van der Waals surface area contributed by atoms with Crippen molar-refractivity contribution in [3.63, 3.8) is 0 Å². The van der Waals surface area contributed by atoms with Crippen LogP contribution in [0.5, 0.6) is 0 Å². The van der Waals surface area contributed by atoms with Crippen LogP contribution in [-0.4, -0.2) is 66.1 Å². The average molecular weight is 275 g/mol. The highest BCUT2D eigenvalue weighted by molar-refractivity contribution is 5.93. The molecule has 1 aromatic heterocycles. The van der Waals surface area contributed by atoms with E-state index in [0.29, 0.717) is 11.7 Å². The number of carbonyl (C=O) groups is 1. The number of aromatic nitrogens is 1. The lowest BCUT2D eigenvalue weighted by molar-refractivity contribution is 0.0432. The number of amides is 1. The summed E-state index contributed by atoms with van der Waals surface area (Å²) in [6, 6.07) is 3.63. The Kier molecular flexibility index (Phi) is 4.28. The monoisotopic (exact) mass is 275 g/mol. The minimum Gasteiger partial charge on any atom is -0.377 e. The van der Waals surface area contributed by atoms with Crippen LogP contribution in [0.15, 0.2) is 24.5 Å². The summed E-state index contributed by atoms with van der Waals surface area (Å²) >= 11 is 0. The fourth-order valence-corrected chi connectivity index (χ4v) is 2.88. The third kappa shape index (κ3) is 3.16. The first-order valence-electron chi connectivity index (χ1n) is 7.36. The van der Waals surface area contributed by atoms with Gasteiger partial charge in [-0.05, 0) is 25.0 Å². The predicted molar refractivity (Wildman–Crippen MR) is 75.6 cm³/mol. The Hall–Kier alpha value is -1.46. The van der Waals surface area contributed by atoms with Crippen LogP contribution in [0.1, 0.15) is 23.2 Å². The SMILES string of the molecule is O=C(c1cccnc1)N1CCN(CC2CCCO2)CC1. The quantitative estimate of drug-likeness (QED) is 0.826. The second-order valence-electron chi connectivity index (χ2n) is 5.47. The molecule has 0 spiro atoms. The lowest BCUT2D eigenvalue weighted by atomic mass is 10.2. The molecule has 0 saturated carbocycles. The summed E-state index contributed by atoms with van der Waals surface area (Å²) in [5.74, 6) is 0.0925. The molecule has 0 bridgehead atoms. The largest absolute Gasteiger partial charge is 0.377 e. The van der Waals surface area contributed by atoms with Gasteiger partial charge in [0.2, 0.25) is 0 Å². The minimum atomic E-state index is 0.0925. The van der Waals surface area contributed by atoms with E-state index in [4.69, 9.17) is 4.74 Å². The second-order valence-corrected chi connectivity index (χ2v) is 5.47. The number of nitrogens with zero attached hydrogens (tertiary/aromatic N) is 3. The maximum absolute atomic E-state index is 12.3. The average Bonchev–Trinajstić information content (AvgIpc) is 3.01. The first kappa shape index (κ1) is 13.5. The summed E-state index contributed by atoms with van der Waals surface area (Å²) in [4.78, 5) is 20.6. The van der Waals surface area contributed by atoms with Crippen molar-refractivity contribution < 1.29 is 9.53 Å². The van der Waals surface area contributed by atoms with Crippen molar-refractivity contribution >= 4 is 5.91 Å². The van der Waals surface area contributed by atoms with Gasteiger partial charge in [-0.2, -0.15) is 0 Å². The Labute approximate surface area is 119 Å². The molecule has 3 rings (SSSR count). The minimum absolute atomic E-state index is 0.0925. The zero-order valence-corrected chi connectivity index (χ0v) is 11.7. The maximum Gasteiger partial charge on any atom is 0.255 e. The van der Waals surface area contributed by atoms with Crippen LogP contribution < -0.4 is 0 Å². The van der Waals surface area contributed by atoms with Crippen molar-refractivity contribution in [1.82, 2.24) is 14.8 Å². The molecule has 1 atom stereocenters. The summed E-state index contributed by atoms with van der Waals surface area (Å²) in [5.41, 5.74) is 0.681. The highest BCUT2D eigenvalue weighted by Gasteiger charge is 2.25. The van der Waals surface area contributed by atoms with Crippen LogP contribution in [0.25, 0.3) is 0 Å². The van der Waals surface area contributed by atoms with Gasteiger partial charge in [-0.1, -0.05) is 0 Å². The lowest BCUT2D eigenvalue weighted by Crippen LogP contribution is -2.50. The van der Waals surface area contributed by atoms with Gasteiger partial charge < -0.3 is 9.64 Å². The van der Waals surface area contributed by atoms with E-state index in [1.165, 1.54) is 12.8 Å². The van der Waals surface area contributed by atoms with Crippen molar-refractivity contribution in [3.8, 4) is 0 Å². The maximum atomic E-state index is 12.3. The molecule has 20 heavy (non-hydrogen) atoms. The zero-order valence-electron chi connectivity index (χ0n) is 11.7. The Balaban J connectivity index is 1.49. The smallest absolute Gasteiger partial charge is 0.255 e. The van der Waals surface area contributed by atoms with Gasteiger partial charge in [-0.15, -0.1) is 0 Å². The predicted octanol–water partition coefficient (Wildman–Crippen LogP) is 1.02. The van der Waals surface area contributed by atoms with Crippen molar-refractivity contribution in [2.45, 2.75) is 18.9 Å². The van der Waals surface area contributed by atoms with Crippen LogP contribution in [0.2, 0.25) is 0 Å². The first-order chi connectivity index (χ1) is 9.83. The molecule has 0 N–H and O–H groups in total. The van der Waals surface area contributed by atoms with Crippen LogP contribution >= 0.6 is 0 Å². The standard InChI is InChI=1S/C15H21N3O2/c19-15(13-3-1-5-16-11-13)18-8-6-17(7-9-18)12-14-4-2-10-20-14/h1,3,5,11,14H,2,4,6-10,12H2. The molecule has 1 unspecified atom stereocenters. The molecular weight excluding hydrogens is 254 g/mol. The molecule has 0 aromatic carbocycles. The number of hydrogen-bond acceptors (Lipinski definition) is 4. The van der Waals surface area contributed by atoms with E-state index in [1.807, 2.05) is 11.0 Å². The van der Waals surface area contributed by atoms with Gasteiger partial charge in [0.1, 0.15) is 0 Å². The van der Waals surface area contributed by atoms with E-state index in [1.54, 1.807) is 18.5 Å². The van der Waals surface area contributed by atoms with E-state index in [9.17, 15) is 4.79 Å². The summed E-state index contributed by atoms with van der Waals surface area (Å²) in [6.45, 7) is 5.37. The summed E-state index contributed by atoms with van der Waals surface area (Å²) in [7, 11) is 0. The Morgan fingerprint density at radius 1 is 1.35 bits per heavy atom. The van der Waals surface area contributed by atoms with Gasteiger partial charge in [0.05, 0.1) is 11.7 Å². The fraction of sp³-hybridized carbons (Fsp3) is 0.600. The van der Waals surface area contributed by atoms with Gasteiger partial charge in [0.15, 0.2) is 0 Å². The number of carbonyl (C=O) groups excluding carboxylic acids is 1. The van der Waals surface area contributed by atoms with E-state index in [0.717, 1.165) is 39.3 Å². The number of hydrogen-bond donors (Lipinski definition) is 0. The molecule has 0 aliphatic carbocycles. The molecule has 5 heteroatoms. The van der Waals surface area contributed by atoms with E-state index in [-0.39, 0.29) is 5.91 Å². The second kappa shape index (κ2) is 6.33. The molecule has 1 aromatic rings. The van der Waals surface area contributed by atoms with Gasteiger partial charge in [0.25, 0.3) is 5.91 Å². The molecule has 2 aliphatic rings. The van der Waals surface area contributed by atoms with Crippen LogP contribution in [0, 0.1) is 0 Å². The molecule has 1 amide bonds. The summed E-state index contributed by atoms with van der Waals surface area (Å²) in [6.07, 6.45) is 6.09. The fourth-order valence-electron chi connectivity index (χ4n) is 2.88. The van der Waals surface area contributed by atoms with Crippen molar-refractivity contribution in [2.75, 3.05) is 39.3 Å². The third-order valence-corrected chi connectivity index (χ3v) is 4.05.